The largest absolute Gasteiger partial charge is 0.244 e. The molecule has 0 N–H and O–H groups in total. The Balaban J connectivity index is 2.49. The molecule has 2 heterocycles. The van der Waals surface area contributed by atoms with Crippen LogP contribution in [0.2, 0.25) is 5.15 Å². The van der Waals surface area contributed by atoms with E-state index in [0.717, 1.165) is 0 Å². The normalized spacial score (nSPS) is 9.60. The van der Waals surface area contributed by atoms with Gasteiger partial charge in [0.1, 0.15) is 18.0 Å². The molecule has 0 atom stereocenters. The third kappa shape index (κ3) is 1.90. The lowest BCUT2D eigenvalue weighted by Crippen LogP contribution is -1.93. The van der Waals surface area contributed by atoms with Gasteiger partial charge >= 0.3 is 0 Å². The van der Waals surface area contributed by atoms with Gasteiger partial charge in [-0.2, -0.15) is 5.26 Å². The van der Waals surface area contributed by atoms with Crippen molar-refractivity contribution in [2.75, 3.05) is 0 Å². The van der Waals surface area contributed by atoms with Gasteiger partial charge in [0.15, 0.2) is 11.0 Å². The molecular weight excluding hydrogens is 214 g/mol. The fourth-order valence-electron chi connectivity index (χ4n) is 0.990. The minimum Gasteiger partial charge on any atom is -0.244 e. The fourth-order valence-corrected chi connectivity index (χ4v) is 1.16. The molecule has 0 spiro atoms. The molecule has 0 aliphatic heterocycles. The molecule has 0 aromatic carbocycles. The lowest BCUT2D eigenvalue weighted by molar-refractivity contribution is 1.11. The summed E-state index contributed by atoms with van der Waals surface area (Å²) in [6, 6.07) is 1.89. The monoisotopic (exact) mass is 217 g/mol. The minimum atomic E-state index is 0.131. The topological polar surface area (TPSA) is 75.3 Å². The van der Waals surface area contributed by atoms with E-state index in [2.05, 4.69) is 19.9 Å². The van der Waals surface area contributed by atoms with Crippen molar-refractivity contribution in [3.63, 3.8) is 0 Å². The number of hydrogen-bond donors (Lipinski definition) is 0. The smallest absolute Gasteiger partial charge is 0.164 e. The summed E-state index contributed by atoms with van der Waals surface area (Å²) in [7, 11) is 0. The highest BCUT2D eigenvalue weighted by Gasteiger charge is 2.06. The van der Waals surface area contributed by atoms with Gasteiger partial charge in [0.05, 0.1) is 11.8 Å². The van der Waals surface area contributed by atoms with Crippen molar-refractivity contribution in [1.82, 2.24) is 19.9 Å². The van der Waals surface area contributed by atoms with Crippen molar-refractivity contribution < 1.29 is 0 Å². The highest BCUT2D eigenvalue weighted by molar-refractivity contribution is 6.30. The molecule has 5 nitrogen and oxygen atoms in total. The van der Waals surface area contributed by atoms with E-state index in [9.17, 15) is 0 Å². The van der Waals surface area contributed by atoms with Gasteiger partial charge in [0.25, 0.3) is 0 Å². The first kappa shape index (κ1) is 9.49. The second-order valence-electron chi connectivity index (χ2n) is 2.64. The maximum Gasteiger partial charge on any atom is 0.164 e. The van der Waals surface area contributed by atoms with Gasteiger partial charge in [-0.05, 0) is 0 Å². The Morgan fingerprint density at radius 3 is 2.53 bits per heavy atom. The van der Waals surface area contributed by atoms with Crippen LogP contribution in [-0.2, 0) is 0 Å². The molecule has 0 unspecified atom stereocenters. The molecule has 6 heteroatoms. The van der Waals surface area contributed by atoms with Crippen LogP contribution in [0.3, 0.4) is 0 Å². The fraction of sp³-hybridized carbons (Fsp3) is 0. The van der Waals surface area contributed by atoms with Crippen LogP contribution in [0.5, 0.6) is 0 Å². The Bertz CT molecular complexity index is 520. The van der Waals surface area contributed by atoms with Crippen molar-refractivity contribution in [3.05, 3.63) is 35.6 Å². The van der Waals surface area contributed by atoms with Crippen molar-refractivity contribution >= 4 is 11.6 Å². The maximum absolute atomic E-state index is 8.64. The standard InChI is InChI=1S/C9H4ClN5/c10-8-6(1-11)4-14-9(15-8)7-2-12-5-13-3-7/h2-5H. The number of nitriles is 1. The molecule has 2 aromatic rings. The molecule has 0 aliphatic rings. The number of rotatable bonds is 1. The molecule has 0 bridgehead atoms. The highest BCUT2D eigenvalue weighted by atomic mass is 35.5. The Kier molecular flexibility index (Phi) is 2.52. The zero-order chi connectivity index (χ0) is 10.7. The average molecular weight is 218 g/mol. The molecule has 0 saturated heterocycles. The summed E-state index contributed by atoms with van der Waals surface area (Å²) in [4.78, 5) is 15.6. The maximum atomic E-state index is 8.64. The molecule has 0 amide bonds. The first-order chi connectivity index (χ1) is 7.31. The van der Waals surface area contributed by atoms with Gasteiger partial charge in [0, 0.05) is 12.4 Å². The Morgan fingerprint density at radius 2 is 1.93 bits per heavy atom. The average Bonchev–Trinajstić information content (AvgIpc) is 2.30. The molecular formula is C9H4ClN5. The predicted molar refractivity (Wildman–Crippen MR) is 52.8 cm³/mol. The quantitative estimate of drug-likeness (QED) is 0.676. The van der Waals surface area contributed by atoms with Crippen LogP contribution < -0.4 is 0 Å². The van der Waals surface area contributed by atoms with Crippen LogP contribution in [0.4, 0.5) is 0 Å². The van der Waals surface area contributed by atoms with E-state index in [1.807, 2.05) is 6.07 Å². The number of halogens is 1. The van der Waals surface area contributed by atoms with Crippen LogP contribution >= 0.6 is 11.6 Å². The summed E-state index contributed by atoms with van der Waals surface area (Å²) < 4.78 is 0. The van der Waals surface area contributed by atoms with Gasteiger partial charge in [-0.15, -0.1) is 0 Å². The Hall–Kier alpha value is -2.06. The third-order valence-corrected chi connectivity index (χ3v) is 1.97. The third-order valence-electron chi connectivity index (χ3n) is 1.68. The summed E-state index contributed by atoms with van der Waals surface area (Å²) in [6.07, 6.45) is 5.93. The van der Waals surface area contributed by atoms with E-state index in [0.29, 0.717) is 11.4 Å². The predicted octanol–water partition coefficient (Wildman–Crippen LogP) is 1.46. The summed E-state index contributed by atoms with van der Waals surface area (Å²) in [6.45, 7) is 0. The highest BCUT2D eigenvalue weighted by Crippen LogP contribution is 2.16. The summed E-state index contributed by atoms with van der Waals surface area (Å²) in [5.41, 5.74) is 0.904. The lowest BCUT2D eigenvalue weighted by atomic mass is 10.3. The van der Waals surface area contributed by atoms with Crippen molar-refractivity contribution in [1.29, 1.82) is 5.26 Å². The first-order valence-electron chi connectivity index (χ1n) is 3.99. The molecule has 0 fully saturated rings. The molecule has 15 heavy (non-hydrogen) atoms. The first-order valence-corrected chi connectivity index (χ1v) is 4.37. The van der Waals surface area contributed by atoms with E-state index in [4.69, 9.17) is 16.9 Å². The molecule has 72 valence electrons. The van der Waals surface area contributed by atoms with Crippen LogP contribution in [0, 0.1) is 11.3 Å². The molecule has 0 saturated carbocycles. The number of aromatic nitrogens is 4. The molecule has 0 radical (unpaired) electrons. The van der Waals surface area contributed by atoms with Gasteiger partial charge in [-0.25, -0.2) is 19.9 Å². The number of hydrogen-bond acceptors (Lipinski definition) is 5. The summed E-state index contributed by atoms with van der Waals surface area (Å²) >= 11 is 5.76. The van der Waals surface area contributed by atoms with Gasteiger partial charge in [-0.1, -0.05) is 11.6 Å². The van der Waals surface area contributed by atoms with Gasteiger partial charge in [0.2, 0.25) is 0 Å². The summed E-state index contributed by atoms with van der Waals surface area (Å²) in [5.74, 6) is 0.402. The zero-order valence-electron chi connectivity index (χ0n) is 7.42. The molecule has 0 aliphatic carbocycles. The molecule has 2 aromatic heterocycles. The van der Waals surface area contributed by atoms with Gasteiger partial charge in [-0.3, -0.25) is 0 Å². The van der Waals surface area contributed by atoms with E-state index < -0.39 is 0 Å². The Labute approximate surface area is 90.4 Å². The van der Waals surface area contributed by atoms with Crippen LogP contribution in [0.15, 0.2) is 24.9 Å². The SMILES string of the molecule is N#Cc1cnc(-c2cncnc2)nc1Cl. The minimum absolute atomic E-state index is 0.131. The van der Waals surface area contributed by atoms with Crippen molar-refractivity contribution in [2.45, 2.75) is 0 Å². The van der Waals surface area contributed by atoms with E-state index >= 15 is 0 Å². The number of nitrogens with zero attached hydrogens (tertiary/aromatic N) is 5. The van der Waals surface area contributed by atoms with E-state index in [-0.39, 0.29) is 10.7 Å². The summed E-state index contributed by atoms with van der Waals surface area (Å²) in [5, 5.41) is 8.77. The second kappa shape index (κ2) is 3.98. The van der Waals surface area contributed by atoms with Crippen molar-refractivity contribution in [2.24, 2.45) is 0 Å². The van der Waals surface area contributed by atoms with Crippen LogP contribution in [0.1, 0.15) is 5.56 Å². The molecule has 2 rings (SSSR count). The van der Waals surface area contributed by atoms with Gasteiger partial charge < -0.3 is 0 Å². The van der Waals surface area contributed by atoms with E-state index in [1.54, 1.807) is 12.4 Å². The zero-order valence-corrected chi connectivity index (χ0v) is 8.18. The van der Waals surface area contributed by atoms with Crippen LogP contribution in [0.25, 0.3) is 11.4 Å². The van der Waals surface area contributed by atoms with Crippen LogP contribution in [-0.4, -0.2) is 19.9 Å². The lowest BCUT2D eigenvalue weighted by Gasteiger charge is -1.99. The van der Waals surface area contributed by atoms with E-state index in [1.165, 1.54) is 12.5 Å². The second-order valence-corrected chi connectivity index (χ2v) is 3.00. The van der Waals surface area contributed by atoms with Crippen molar-refractivity contribution in [3.8, 4) is 17.5 Å². The Morgan fingerprint density at radius 1 is 1.20 bits per heavy atom.